The number of anilines is 1. The Morgan fingerprint density at radius 3 is 2.31 bits per heavy atom. The zero-order valence-electron chi connectivity index (χ0n) is 24.2. The molecule has 5 rings (SSSR count). The summed E-state index contributed by atoms with van der Waals surface area (Å²) in [5, 5.41) is 11.7. The summed E-state index contributed by atoms with van der Waals surface area (Å²) in [7, 11) is 0. The number of benzene rings is 3. The molecule has 1 aliphatic heterocycles. The van der Waals surface area contributed by atoms with Crippen molar-refractivity contribution in [1.29, 1.82) is 0 Å². The number of carbonyl (C=O) groups is 3. The monoisotopic (exact) mass is 580 g/mol. The van der Waals surface area contributed by atoms with Gasteiger partial charge in [0.1, 0.15) is 18.1 Å². The van der Waals surface area contributed by atoms with E-state index in [1.165, 1.54) is 11.8 Å². The van der Waals surface area contributed by atoms with Crippen molar-refractivity contribution in [3.63, 3.8) is 0 Å². The number of amides is 1. The number of ketones is 2. The molecule has 8 heteroatoms. The van der Waals surface area contributed by atoms with Gasteiger partial charge in [0.15, 0.2) is 10.9 Å². The molecule has 0 spiro atoms. The van der Waals surface area contributed by atoms with Crippen LogP contribution in [0.15, 0.2) is 78.4 Å². The highest BCUT2D eigenvalue weighted by Crippen LogP contribution is 2.44. The Bertz CT molecular complexity index is 1700. The number of Topliss-reactive ketones (excluding diaryl/α,β-unsaturated/α-hetero) is 2. The Kier molecular flexibility index (Phi) is 8.09. The summed E-state index contributed by atoms with van der Waals surface area (Å²) in [6, 6.07) is 21.5. The van der Waals surface area contributed by atoms with Crippen LogP contribution in [0.2, 0.25) is 0 Å². The number of nitrogens with zero attached hydrogens (tertiary/aromatic N) is 2. The number of carbonyl (C=O) groups excluding carboxylic acids is 3. The van der Waals surface area contributed by atoms with E-state index in [0.29, 0.717) is 34.1 Å². The molecule has 7 nitrogen and oxygen atoms in total. The van der Waals surface area contributed by atoms with Crippen molar-refractivity contribution < 1.29 is 24.2 Å². The third kappa shape index (κ3) is 5.63. The summed E-state index contributed by atoms with van der Waals surface area (Å²) >= 11 is 1.06. The van der Waals surface area contributed by atoms with Gasteiger partial charge in [0.25, 0.3) is 5.78 Å². The van der Waals surface area contributed by atoms with Crippen LogP contribution in [0, 0.1) is 13.8 Å². The Balaban J connectivity index is 1.54. The van der Waals surface area contributed by atoms with Gasteiger partial charge in [0.2, 0.25) is 0 Å². The molecule has 1 N–H and O–H groups in total. The van der Waals surface area contributed by atoms with E-state index in [9.17, 15) is 19.5 Å². The maximum Gasteiger partial charge on any atom is 0.301 e. The van der Waals surface area contributed by atoms with E-state index >= 15 is 0 Å². The SMILES string of the molecule is CC(=O)c1sc(N2C(=O)C(=O)C(=C(O)c3ccc(OCc4cccc(C)c4)cc3)C2c2ccc(C(C)C)cc2)nc1C. The molecular formula is C34H32N2O5S. The van der Waals surface area contributed by atoms with Gasteiger partial charge in [0, 0.05) is 12.5 Å². The number of rotatable bonds is 8. The number of aryl methyl sites for hydroxylation is 2. The first-order valence-electron chi connectivity index (χ1n) is 13.7. The first-order chi connectivity index (χ1) is 20.0. The lowest BCUT2D eigenvalue weighted by atomic mass is 9.93. The van der Waals surface area contributed by atoms with Crippen LogP contribution in [-0.4, -0.2) is 27.6 Å². The van der Waals surface area contributed by atoms with E-state index in [-0.39, 0.29) is 28.2 Å². The van der Waals surface area contributed by atoms with Crippen LogP contribution < -0.4 is 9.64 Å². The second kappa shape index (κ2) is 11.7. The van der Waals surface area contributed by atoms with E-state index in [1.54, 1.807) is 31.2 Å². The van der Waals surface area contributed by atoms with Gasteiger partial charge >= 0.3 is 5.91 Å². The Hall–Kier alpha value is -4.56. The van der Waals surface area contributed by atoms with E-state index in [4.69, 9.17) is 4.74 Å². The topological polar surface area (TPSA) is 96.8 Å². The number of ether oxygens (including phenoxy) is 1. The summed E-state index contributed by atoms with van der Waals surface area (Å²) in [5.41, 5.74) is 4.75. The van der Waals surface area contributed by atoms with Gasteiger partial charge in [-0.15, -0.1) is 0 Å². The van der Waals surface area contributed by atoms with E-state index in [2.05, 4.69) is 24.9 Å². The molecule has 1 aliphatic rings. The molecule has 0 bridgehead atoms. The van der Waals surface area contributed by atoms with Crippen molar-refractivity contribution in [2.75, 3.05) is 4.90 Å². The maximum atomic E-state index is 13.5. The maximum absolute atomic E-state index is 13.5. The summed E-state index contributed by atoms with van der Waals surface area (Å²) in [4.78, 5) is 45.4. The van der Waals surface area contributed by atoms with Crippen molar-refractivity contribution in [3.05, 3.63) is 117 Å². The van der Waals surface area contributed by atoms with Crippen LogP contribution in [0.4, 0.5) is 5.13 Å². The normalized spacial score (nSPS) is 16.3. The quantitative estimate of drug-likeness (QED) is 0.102. The fraction of sp³-hybridized carbons (Fsp3) is 0.235. The van der Waals surface area contributed by atoms with Gasteiger partial charge in [-0.05, 0) is 60.7 Å². The number of hydrogen-bond donors (Lipinski definition) is 1. The van der Waals surface area contributed by atoms with E-state index in [0.717, 1.165) is 28.0 Å². The van der Waals surface area contributed by atoms with Crippen molar-refractivity contribution in [2.24, 2.45) is 0 Å². The average molecular weight is 581 g/mol. The highest BCUT2D eigenvalue weighted by atomic mass is 32.1. The standard InChI is InChI=1S/C34H32N2O5S/c1-19(2)24-9-11-25(12-10-24)29-28(31(39)33(40)36(29)34-35-21(4)32(42-34)22(5)37)30(38)26-13-15-27(16-14-26)41-18-23-8-6-7-20(3)17-23/h6-17,19,29,38H,18H2,1-5H3. The Morgan fingerprint density at radius 1 is 1.02 bits per heavy atom. The first kappa shape index (κ1) is 29.0. The summed E-state index contributed by atoms with van der Waals surface area (Å²) in [6.07, 6.45) is 0. The summed E-state index contributed by atoms with van der Waals surface area (Å²) in [6.45, 7) is 9.71. The molecule has 2 heterocycles. The molecule has 1 aromatic heterocycles. The average Bonchev–Trinajstić information content (AvgIpc) is 3.48. The van der Waals surface area contributed by atoms with E-state index < -0.39 is 17.7 Å². The van der Waals surface area contributed by atoms with Gasteiger partial charge < -0.3 is 9.84 Å². The lowest BCUT2D eigenvalue weighted by Gasteiger charge is -2.23. The molecule has 0 saturated carbocycles. The fourth-order valence-corrected chi connectivity index (χ4v) is 6.04. The number of aromatic nitrogens is 1. The van der Waals surface area contributed by atoms with Crippen LogP contribution in [0.25, 0.3) is 5.76 Å². The Morgan fingerprint density at radius 2 is 1.71 bits per heavy atom. The third-order valence-corrected chi connectivity index (χ3v) is 8.55. The molecule has 42 heavy (non-hydrogen) atoms. The zero-order chi connectivity index (χ0) is 30.1. The second-order valence-electron chi connectivity index (χ2n) is 10.8. The molecule has 1 saturated heterocycles. The molecule has 1 amide bonds. The van der Waals surface area contributed by atoms with Crippen molar-refractivity contribution >= 4 is 39.7 Å². The van der Waals surface area contributed by atoms with Crippen LogP contribution in [0.3, 0.4) is 0 Å². The Labute approximate surface area is 249 Å². The molecule has 4 aromatic rings. The predicted molar refractivity (Wildman–Crippen MR) is 164 cm³/mol. The van der Waals surface area contributed by atoms with Crippen molar-refractivity contribution in [3.8, 4) is 5.75 Å². The zero-order valence-corrected chi connectivity index (χ0v) is 25.0. The summed E-state index contributed by atoms with van der Waals surface area (Å²) in [5.74, 6) is -1.20. The number of aliphatic hydroxyl groups is 1. The number of aliphatic hydroxyl groups excluding tert-OH is 1. The largest absolute Gasteiger partial charge is 0.507 e. The lowest BCUT2D eigenvalue weighted by molar-refractivity contribution is -0.132. The highest BCUT2D eigenvalue weighted by Gasteiger charge is 2.48. The van der Waals surface area contributed by atoms with Crippen LogP contribution in [0.5, 0.6) is 5.75 Å². The second-order valence-corrected chi connectivity index (χ2v) is 11.7. The molecule has 1 unspecified atom stereocenters. The van der Waals surface area contributed by atoms with Gasteiger partial charge in [-0.3, -0.25) is 19.3 Å². The van der Waals surface area contributed by atoms with Gasteiger partial charge in [0.05, 0.1) is 22.2 Å². The minimum atomic E-state index is -0.922. The van der Waals surface area contributed by atoms with Crippen LogP contribution >= 0.6 is 11.3 Å². The highest BCUT2D eigenvalue weighted by molar-refractivity contribution is 7.18. The molecule has 1 fully saturated rings. The minimum Gasteiger partial charge on any atom is -0.507 e. The van der Waals surface area contributed by atoms with Gasteiger partial charge in [-0.25, -0.2) is 4.98 Å². The smallest absolute Gasteiger partial charge is 0.301 e. The number of hydrogen-bond acceptors (Lipinski definition) is 7. The first-order valence-corrected chi connectivity index (χ1v) is 14.5. The fourth-order valence-electron chi connectivity index (χ4n) is 5.05. The van der Waals surface area contributed by atoms with Crippen molar-refractivity contribution in [1.82, 2.24) is 4.98 Å². The predicted octanol–water partition coefficient (Wildman–Crippen LogP) is 7.29. The van der Waals surface area contributed by atoms with Crippen LogP contribution in [-0.2, 0) is 16.2 Å². The molecular weight excluding hydrogens is 548 g/mol. The molecule has 3 aromatic carbocycles. The molecule has 1 atom stereocenters. The lowest BCUT2D eigenvalue weighted by Crippen LogP contribution is -2.29. The van der Waals surface area contributed by atoms with Gasteiger partial charge in [-0.1, -0.05) is 79.3 Å². The van der Waals surface area contributed by atoms with Crippen molar-refractivity contribution in [2.45, 2.75) is 53.2 Å². The van der Waals surface area contributed by atoms with E-state index in [1.807, 2.05) is 49.4 Å². The van der Waals surface area contributed by atoms with Gasteiger partial charge in [-0.2, -0.15) is 0 Å². The minimum absolute atomic E-state index is 0.0389. The summed E-state index contributed by atoms with van der Waals surface area (Å²) < 4.78 is 5.91. The van der Waals surface area contributed by atoms with Crippen LogP contribution in [0.1, 0.15) is 75.9 Å². The third-order valence-electron chi connectivity index (χ3n) is 7.29. The number of thiazole rings is 1. The molecule has 0 radical (unpaired) electrons. The molecule has 214 valence electrons. The molecule has 0 aliphatic carbocycles.